The average molecular weight is 253 g/mol. The van der Waals surface area contributed by atoms with Crippen molar-refractivity contribution in [3.63, 3.8) is 0 Å². The van der Waals surface area contributed by atoms with Gasteiger partial charge >= 0.3 is 0 Å². The van der Waals surface area contributed by atoms with Gasteiger partial charge in [-0.3, -0.25) is 0 Å². The van der Waals surface area contributed by atoms with Crippen molar-refractivity contribution in [3.8, 4) is 5.75 Å². The Morgan fingerprint density at radius 2 is 2.22 bits per heavy atom. The van der Waals surface area contributed by atoms with Crippen LogP contribution in [0.5, 0.6) is 5.75 Å². The van der Waals surface area contributed by atoms with Crippen LogP contribution >= 0.6 is 0 Å². The van der Waals surface area contributed by atoms with Crippen LogP contribution in [0.25, 0.3) is 0 Å². The Balaban J connectivity index is 1.80. The lowest BCUT2D eigenvalue weighted by molar-refractivity contribution is 0.171. The molecular weight excluding hydrogens is 233 g/mol. The second kappa shape index (κ2) is 5.67. The average Bonchev–Trinajstić information content (AvgIpc) is 3.13. The van der Waals surface area contributed by atoms with E-state index in [0.717, 1.165) is 19.6 Å². The molecule has 0 bridgehead atoms. The van der Waals surface area contributed by atoms with Gasteiger partial charge in [-0.15, -0.1) is 0 Å². The smallest absolute Gasteiger partial charge is 0.165 e. The Kier molecular flexibility index (Phi) is 4.19. The van der Waals surface area contributed by atoms with Crippen LogP contribution in [-0.4, -0.2) is 25.4 Å². The first-order valence-corrected chi connectivity index (χ1v) is 6.33. The zero-order valence-corrected chi connectivity index (χ0v) is 10.7. The van der Waals surface area contributed by atoms with E-state index in [2.05, 4.69) is 5.32 Å². The summed E-state index contributed by atoms with van der Waals surface area (Å²) in [6.07, 6.45) is 3.50. The van der Waals surface area contributed by atoms with E-state index in [1.807, 2.05) is 0 Å². The van der Waals surface area contributed by atoms with Crippen LogP contribution in [0, 0.1) is 11.2 Å². The number of para-hydroxylation sites is 1. The number of phenols is 1. The van der Waals surface area contributed by atoms with E-state index < -0.39 is 5.82 Å². The van der Waals surface area contributed by atoms with E-state index in [4.69, 9.17) is 4.74 Å². The maximum Gasteiger partial charge on any atom is 0.165 e. The standard InChI is InChI=1S/C14H20FNO2/c1-18-8-7-14(5-6-14)10-16-9-11-3-2-4-12(15)13(11)17/h2-4,16-17H,5-10H2,1H3. The van der Waals surface area contributed by atoms with Crippen LogP contribution in [0.4, 0.5) is 4.39 Å². The highest BCUT2D eigenvalue weighted by molar-refractivity contribution is 5.33. The first kappa shape index (κ1) is 13.3. The van der Waals surface area contributed by atoms with E-state index in [0.29, 0.717) is 17.5 Å². The molecule has 0 unspecified atom stereocenters. The molecule has 0 saturated heterocycles. The van der Waals surface area contributed by atoms with Gasteiger partial charge in [-0.25, -0.2) is 4.39 Å². The number of hydrogen-bond acceptors (Lipinski definition) is 3. The summed E-state index contributed by atoms with van der Waals surface area (Å²) in [6, 6.07) is 4.61. The molecule has 0 radical (unpaired) electrons. The molecule has 0 aliphatic heterocycles. The van der Waals surface area contributed by atoms with Crippen molar-refractivity contribution in [2.45, 2.75) is 25.8 Å². The molecule has 0 aromatic heterocycles. The first-order valence-electron chi connectivity index (χ1n) is 6.33. The number of ether oxygens (including phenoxy) is 1. The Bertz CT molecular complexity index is 405. The minimum atomic E-state index is -0.560. The van der Waals surface area contributed by atoms with E-state index in [9.17, 15) is 9.50 Å². The van der Waals surface area contributed by atoms with Crippen molar-refractivity contribution in [2.24, 2.45) is 5.41 Å². The SMILES string of the molecule is COCCC1(CNCc2cccc(F)c2O)CC1. The minimum absolute atomic E-state index is 0.244. The largest absolute Gasteiger partial charge is 0.505 e. The molecular formula is C14H20FNO2. The van der Waals surface area contributed by atoms with E-state index >= 15 is 0 Å². The molecule has 0 heterocycles. The predicted octanol–water partition coefficient (Wildman–Crippen LogP) is 2.44. The van der Waals surface area contributed by atoms with Crippen LogP contribution in [0.3, 0.4) is 0 Å². The molecule has 1 aliphatic carbocycles. The van der Waals surface area contributed by atoms with Gasteiger partial charge in [-0.05, 0) is 30.7 Å². The number of halogens is 1. The Hall–Kier alpha value is -1.13. The lowest BCUT2D eigenvalue weighted by atomic mass is 10.0. The van der Waals surface area contributed by atoms with Crippen LogP contribution in [0.1, 0.15) is 24.8 Å². The van der Waals surface area contributed by atoms with Crippen LogP contribution < -0.4 is 5.32 Å². The number of rotatable bonds is 7. The number of hydrogen-bond donors (Lipinski definition) is 2. The highest BCUT2D eigenvalue weighted by Crippen LogP contribution is 2.48. The molecule has 1 aromatic carbocycles. The number of phenolic OH excluding ortho intramolecular Hbond substituents is 1. The molecule has 18 heavy (non-hydrogen) atoms. The van der Waals surface area contributed by atoms with Gasteiger partial charge in [0.1, 0.15) is 0 Å². The molecule has 2 N–H and O–H groups in total. The van der Waals surface area contributed by atoms with Gasteiger partial charge in [-0.2, -0.15) is 0 Å². The molecule has 4 heteroatoms. The third kappa shape index (κ3) is 3.21. The molecule has 2 rings (SSSR count). The molecule has 3 nitrogen and oxygen atoms in total. The third-order valence-electron chi connectivity index (χ3n) is 3.68. The van der Waals surface area contributed by atoms with Gasteiger partial charge in [0.25, 0.3) is 0 Å². The molecule has 0 spiro atoms. The highest BCUT2D eigenvalue weighted by atomic mass is 19.1. The summed E-state index contributed by atoms with van der Waals surface area (Å²) >= 11 is 0. The van der Waals surface area contributed by atoms with E-state index in [-0.39, 0.29) is 5.75 Å². The summed E-state index contributed by atoms with van der Waals surface area (Å²) < 4.78 is 18.2. The zero-order valence-electron chi connectivity index (χ0n) is 10.7. The zero-order chi connectivity index (χ0) is 13.0. The second-order valence-electron chi connectivity index (χ2n) is 5.09. The summed E-state index contributed by atoms with van der Waals surface area (Å²) in [5, 5.41) is 12.8. The number of methoxy groups -OCH3 is 1. The number of benzene rings is 1. The van der Waals surface area contributed by atoms with Gasteiger partial charge < -0.3 is 15.2 Å². The Morgan fingerprint density at radius 1 is 1.44 bits per heavy atom. The quantitative estimate of drug-likeness (QED) is 0.784. The van der Waals surface area contributed by atoms with Gasteiger partial charge in [0.2, 0.25) is 0 Å². The maximum atomic E-state index is 13.1. The fraction of sp³-hybridized carbons (Fsp3) is 0.571. The van der Waals surface area contributed by atoms with Crippen molar-refractivity contribution in [1.82, 2.24) is 5.32 Å². The van der Waals surface area contributed by atoms with Crippen LogP contribution in [-0.2, 0) is 11.3 Å². The van der Waals surface area contributed by atoms with E-state index in [1.54, 1.807) is 19.2 Å². The molecule has 1 aliphatic rings. The summed E-state index contributed by atoms with van der Waals surface area (Å²) in [5.41, 5.74) is 0.969. The van der Waals surface area contributed by atoms with Crippen molar-refractivity contribution in [1.29, 1.82) is 0 Å². The molecule has 1 fully saturated rings. The second-order valence-corrected chi connectivity index (χ2v) is 5.09. The predicted molar refractivity (Wildman–Crippen MR) is 67.9 cm³/mol. The van der Waals surface area contributed by atoms with E-state index in [1.165, 1.54) is 18.9 Å². The van der Waals surface area contributed by atoms with Crippen molar-refractivity contribution in [3.05, 3.63) is 29.6 Å². The van der Waals surface area contributed by atoms with Gasteiger partial charge in [0, 0.05) is 32.4 Å². The Labute approximate surface area is 107 Å². The van der Waals surface area contributed by atoms with Gasteiger partial charge in [0.05, 0.1) is 0 Å². The fourth-order valence-corrected chi connectivity index (χ4v) is 2.18. The van der Waals surface area contributed by atoms with Crippen molar-refractivity contribution >= 4 is 0 Å². The molecule has 1 saturated carbocycles. The molecule has 0 atom stereocenters. The summed E-state index contributed by atoms with van der Waals surface area (Å²) in [4.78, 5) is 0. The Morgan fingerprint density at radius 3 is 2.89 bits per heavy atom. The summed E-state index contributed by atoms with van der Waals surface area (Å²) in [5.74, 6) is -0.804. The summed E-state index contributed by atoms with van der Waals surface area (Å²) in [6.45, 7) is 2.18. The van der Waals surface area contributed by atoms with Crippen LogP contribution in [0.2, 0.25) is 0 Å². The fourth-order valence-electron chi connectivity index (χ4n) is 2.18. The lowest BCUT2D eigenvalue weighted by Gasteiger charge is -2.15. The van der Waals surface area contributed by atoms with Crippen molar-refractivity contribution < 1.29 is 14.2 Å². The molecule has 0 amide bonds. The van der Waals surface area contributed by atoms with Crippen LogP contribution in [0.15, 0.2) is 18.2 Å². The highest BCUT2D eigenvalue weighted by Gasteiger charge is 2.41. The number of aromatic hydroxyl groups is 1. The summed E-state index contributed by atoms with van der Waals surface area (Å²) in [7, 11) is 1.72. The third-order valence-corrected chi connectivity index (χ3v) is 3.68. The van der Waals surface area contributed by atoms with Crippen molar-refractivity contribution in [2.75, 3.05) is 20.3 Å². The van der Waals surface area contributed by atoms with Gasteiger partial charge in [0.15, 0.2) is 11.6 Å². The lowest BCUT2D eigenvalue weighted by Crippen LogP contribution is -2.24. The monoisotopic (exact) mass is 253 g/mol. The first-order chi connectivity index (χ1) is 8.67. The van der Waals surface area contributed by atoms with Gasteiger partial charge in [-0.1, -0.05) is 12.1 Å². The normalized spacial score (nSPS) is 16.8. The topological polar surface area (TPSA) is 41.5 Å². The molecule has 1 aromatic rings. The molecule has 100 valence electrons. The number of nitrogens with one attached hydrogen (secondary N) is 1. The maximum absolute atomic E-state index is 13.1. The minimum Gasteiger partial charge on any atom is -0.505 e.